The van der Waals surface area contributed by atoms with E-state index in [-0.39, 0.29) is 5.91 Å². The van der Waals surface area contributed by atoms with Gasteiger partial charge in [-0.05, 0) is 80.9 Å². The predicted octanol–water partition coefficient (Wildman–Crippen LogP) is 6.37. The zero-order valence-electron chi connectivity index (χ0n) is 20.1. The SMILES string of the molecule is CCCCCC(=CC=CC(=O)NCCCCc1ccc(C)nc1C)c1ccc(OC)cc1. The molecular formula is C28H38N2O2. The fraction of sp³-hybridized carbons (Fsp3) is 0.429. The Morgan fingerprint density at radius 3 is 2.50 bits per heavy atom. The average molecular weight is 435 g/mol. The van der Waals surface area contributed by atoms with Crippen molar-refractivity contribution in [2.75, 3.05) is 13.7 Å². The zero-order chi connectivity index (χ0) is 23.2. The number of pyridine rings is 1. The first-order valence-corrected chi connectivity index (χ1v) is 11.8. The molecule has 0 fully saturated rings. The van der Waals surface area contributed by atoms with Crippen LogP contribution in [0.15, 0.2) is 54.6 Å². The van der Waals surface area contributed by atoms with Gasteiger partial charge >= 0.3 is 0 Å². The summed E-state index contributed by atoms with van der Waals surface area (Å²) in [5.41, 5.74) is 5.87. The van der Waals surface area contributed by atoms with Crippen molar-refractivity contribution in [3.63, 3.8) is 0 Å². The number of amides is 1. The summed E-state index contributed by atoms with van der Waals surface area (Å²) < 4.78 is 5.26. The molecule has 0 atom stereocenters. The van der Waals surface area contributed by atoms with Crippen molar-refractivity contribution in [2.24, 2.45) is 0 Å². The second kappa shape index (κ2) is 14.2. The van der Waals surface area contributed by atoms with E-state index >= 15 is 0 Å². The van der Waals surface area contributed by atoms with Gasteiger partial charge in [0.25, 0.3) is 0 Å². The van der Waals surface area contributed by atoms with Crippen molar-refractivity contribution in [1.29, 1.82) is 0 Å². The first kappa shape index (κ1) is 25.4. The summed E-state index contributed by atoms with van der Waals surface area (Å²) in [7, 11) is 1.68. The molecule has 1 amide bonds. The fourth-order valence-electron chi connectivity index (χ4n) is 3.64. The van der Waals surface area contributed by atoms with Crippen LogP contribution in [0.5, 0.6) is 5.75 Å². The highest BCUT2D eigenvalue weighted by Crippen LogP contribution is 2.23. The summed E-state index contributed by atoms with van der Waals surface area (Å²) in [5, 5.41) is 2.99. The van der Waals surface area contributed by atoms with Crippen molar-refractivity contribution in [1.82, 2.24) is 10.3 Å². The molecule has 1 aromatic carbocycles. The number of aryl methyl sites for hydroxylation is 3. The molecule has 0 unspecified atom stereocenters. The number of allylic oxidation sites excluding steroid dienone is 3. The fourth-order valence-corrected chi connectivity index (χ4v) is 3.64. The number of nitrogens with one attached hydrogen (secondary N) is 1. The predicted molar refractivity (Wildman–Crippen MR) is 134 cm³/mol. The maximum atomic E-state index is 12.2. The Balaban J connectivity index is 1.81. The van der Waals surface area contributed by atoms with E-state index in [1.807, 2.05) is 25.1 Å². The molecule has 0 spiro atoms. The largest absolute Gasteiger partial charge is 0.497 e. The van der Waals surface area contributed by atoms with Gasteiger partial charge in [-0.15, -0.1) is 0 Å². The molecule has 2 rings (SSSR count). The molecule has 2 aromatic rings. The van der Waals surface area contributed by atoms with Gasteiger partial charge in [-0.3, -0.25) is 9.78 Å². The lowest BCUT2D eigenvalue weighted by Gasteiger charge is -2.08. The molecule has 0 radical (unpaired) electrons. The lowest BCUT2D eigenvalue weighted by atomic mass is 9.99. The molecule has 1 heterocycles. The maximum Gasteiger partial charge on any atom is 0.243 e. The quantitative estimate of drug-likeness (QED) is 0.226. The number of benzene rings is 1. The van der Waals surface area contributed by atoms with Gasteiger partial charge in [0.1, 0.15) is 5.75 Å². The summed E-state index contributed by atoms with van der Waals surface area (Å²) in [5.74, 6) is 0.808. The third kappa shape index (κ3) is 9.09. The van der Waals surface area contributed by atoms with Crippen molar-refractivity contribution in [2.45, 2.75) is 65.7 Å². The number of hydrogen-bond acceptors (Lipinski definition) is 3. The first-order chi connectivity index (χ1) is 15.5. The van der Waals surface area contributed by atoms with Crippen LogP contribution < -0.4 is 10.1 Å². The Morgan fingerprint density at radius 2 is 1.81 bits per heavy atom. The Bertz CT molecular complexity index is 898. The second-order valence-electron chi connectivity index (χ2n) is 8.18. The van der Waals surface area contributed by atoms with Gasteiger partial charge < -0.3 is 10.1 Å². The Hall–Kier alpha value is -2.88. The Kier molecular flexibility index (Phi) is 11.3. The van der Waals surface area contributed by atoms with Gasteiger partial charge in [-0.2, -0.15) is 0 Å². The number of methoxy groups -OCH3 is 1. The number of unbranched alkanes of at least 4 members (excludes halogenated alkanes) is 3. The van der Waals surface area contributed by atoms with E-state index in [1.54, 1.807) is 13.2 Å². The first-order valence-electron chi connectivity index (χ1n) is 11.8. The monoisotopic (exact) mass is 434 g/mol. The van der Waals surface area contributed by atoms with Gasteiger partial charge in [-0.1, -0.05) is 50.1 Å². The molecule has 4 heteroatoms. The smallest absolute Gasteiger partial charge is 0.243 e. The number of carbonyl (C=O) groups is 1. The summed E-state index contributed by atoms with van der Waals surface area (Å²) >= 11 is 0. The van der Waals surface area contributed by atoms with Crippen LogP contribution in [0, 0.1) is 13.8 Å². The Labute approximate surface area is 193 Å². The molecule has 0 aliphatic carbocycles. The molecular weight excluding hydrogens is 396 g/mol. The summed E-state index contributed by atoms with van der Waals surface area (Å²) in [6, 6.07) is 12.3. The van der Waals surface area contributed by atoms with Crippen LogP contribution in [-0.4, -0.2) is 24.5 Å². The molecule has 0 bridgehead atoms. The summed E-state index contributed by atoms with van der Waals surface area (Å²) in [4.78, 5) is 16.7. The van der Waals surface area contributed by atoms with E-state index in [9.17, 15) is 4.79 Å². The van der Waals surface area contributed by atoms with Crippen LogP contribution in [0.2, 0.25) is 0 Å². The number of rotatable bonds is 13. The topological polar surface area (TPSA) is 51.2 Å². The average Bonchev–Trinajstić information content (AvgIpc) is 2.79. The van der Waals surface area contributed by atoms with Gasteiger partial charge in [0.05, 0.1) is 7.11 Å². The molecule has 4 nitrogen and oxygen atoms in total. The third-order valence-electron chi connectivity index (χ3n) is 5.56. The molecule has 0 aliphatic rings. The molecule has 0 aliphatic heterocycles. The van der Waals surface area contributed by atoms with Crippen molar-refractivity contribution >= 4 is 11.5 Å². The second-order valence-corrected chi connectivity index (χ2v) is 8.18. The van der Waals surface area contributed by atoms with E-state index in [0.717, 1.165) is 49.2 Å². The lowest BCUT2D eigenvalue weighted by Crippen LogP contribution is -2.22. The van der Waals surface area contributed by atoms with Gasteiger partial charge in [0.2, 0.25) is 5.91 Å². The molecule has 32 heavy (non-hydrogen) atoms. The number of ether oxygens (including phenoxy) is 1. The van der Waals surface area contributed by atoms with E-state index < -0.39 is 0 Å². The molecule has 172 valence electrons. The number of nitrogens with zero attached hydrogens (tertiary/aromatic N) is 1. The summed E-state index contributed by atoms with van der Waals surface area (Å²) in [6.07, 6.45) is 13.1. The highest BCUT2D eigenvalue weighted by atomic mass is 16.5. The number of carbonyl (C=O) groups excluding carboxylic acids is 1. The van der Waals surface area contributed by atoms with Crippen LogP contribution in [0.4, 0.5) is 0 Å². The molecule has 0 saturated carbocycles. The van der Waals surface area contributed by atoms with Crippen molar-refractivity contribution in [3.8, 4) is 5.75 Å². The minimum atomic E-state index is -0.0444. The van der Waals surface area contributed by atoms with E-state index in [4.69, 9.17) is 4.74 Å². The van der Waals surface area contributed by atoms with E-state index in [2.05, 4.69) is 54.5 Å². The maximum absolute atomic E-state index is 12.2. The summed E-state index contributed by atoms with van der Waals surface area (Å²) in [6.45, 7) is 6.97. The van der Waals surface area contributed by atoms with Crippen molar-refractivity contribution < 1.29 is 9.53 Å². The van der Waals surface area contributed by atoms with Crippen LogP contribution in [0.3, 0.4) is 0 Å². The minimum absolute atomic E-state index is 0.0444. The van der Waals surface area contributed by atoms with Gasteiger partial charge in [0, 0.05) is 24.0 Å². The number of aromatic nitrogens is 1. The highest BCUT2D eigenvalue weighted by Gasteiger charge is 2.03. The van der Waals surface area contributed by atoms with Crippen molar-refractivity contribution in [3.05, 3.63) is 77.1 Å². The minimum Gasteiger partial charge on any atom is -0.497 e. The zero-order valence-corrected chi connectivity index (χ0v) is 20.1. The normalized spacial score (nSPS) is 11.7. The number of hydrogen-bond donors (Lipinski definition) is 1. The standard InChI is InChI=1S/C28H38N2O2/c1-5-6-7-12-25(26-17-19-27(32-4)20-18-26)13-10-14-28(31)29-21-9-8-11-24-16-15-22(2)30-23(24)3/h10,13-20H,5-9,11-12,21H2,1-4H3,(H,29,31). The molecule has 1 N–H and O–H groups in total. The van der Waals surface area contributed by atoms with Gasteiger partial charge in [-0.25, -0.2) is 0 Å². The van der Waals surface area contributed by atoms with Crippen LogP contribution in [0.1, 0.15) is 68.0 Å². The lowest BCUT2D eigenvalue weighted by molar-refractivity contribution is -0.116. The van der Waals surface area contributed by atoms with Crippen LogP contribution in [0.25, 0.3) is 5.57 Å². The van der Waals surface area contributed by atoms with Gasteiger partial charge in [0.15, 0.2) is 0 Å². The molecule has 0 saturated heterocycles. The molecule has 1 aromatic heterocycles. The van der Waals surface area contributed by atoms with Crippen LogP contribution in [-0.2, 0) is 11.2 Å². The van der Waals surface area contributed by atoms with E-state index in [0.29, 0.717) is 6.54 Å². The highest BCUT2D eigenvalue weighted by molar-refractivity contribution is 5.88. The Morgan fingerprint density at radius 1 is 1.03 bits per heavy atom. The third-order valence-corrected chi connectivity index (χ3v) is 5.56. The van der Waals surface area contributed by atoms with Crippen LogP contribution >= 0.6 is 0 Å². The van der Waals surface area contributed by atoms with E-state index in [1.165, 1.54) is 29.5 Å².